The number of hydrogen-bond acceptors (Lipinski definition) is 2. The van der Waals surface area contributed by atoms with Crippen LogP contribution in [-0.2, 0) is 0 Å². The highest BCUT2D eigenvalue weighted by Gasteiger charge is 2.13. The highest BCUT2D eigenvalue weighted by molar-refractivity contribution is 5.31. The van der Waals surface area contributed by atoms with Gasteiger partial charge in [0.2, 0.25) is 0 Å². The first kappa shape index (κ1) is 12.9. The molecule has 2 atom stereocenters. The molecule has 0 bridgehead atoms. The fourth-order valence-electron chi connectivity index (χ4n) is 2.12. The lowest BCUT2D eigenvalue weighted by molar-refractivity contribution is 0.403. The van der Waals surface area contributed by atoms with Crippen molar-refractivity contribution in [1.29, 1.82) is 0 Å². The Balaban J connectivity index is 2.07. The summed E-state index contributed by atoms with van der Waals surface area (Å²) in [6.45, 7) is 8.60. The van der Waals surface area contributed by atoms with E-state index in [9.17, 15) is 0 Å². The molecule has 0 radical (unpaired) electrons. The van der Waals surface area contributed by atoms with Gasteiger partial charge in [-0.25, -0.2) is 0 Å². The molecule has 0 saturated carbocycles. The lowest BCUT2D eigenvalue weighted by Gasteiger charge is -2.19. The largest absolute Gasteiger partial charge is 0.468 e. The minimum absolute atomic E-state index is 0.219. The highest BCUT2D eigenvalue weighted by Crippen LogP contribution is 2.21. The maximum atomic E-state index is 5.41. The van der Waals surface area contributed by atoms with E-state index in [2.05, 4.69) is 51.2 Å². The van der Waals surface area contributed by atoms with Gasteiger partial charge in [-0.3, -0.25) is 0 Å². The monoisotopic (exact) mass is 243 g/mol. The third kappa shape index (κ3) is 2.82. The van der Waals surface area contributed by atoms with Crippen molar-refractivity contribution in [2.24, 2.45) is 0 Å². The Morgan fingerprint density at radius 2 is 1.78 bits per heavy atom. The molecule has 2 unspecified atom stereocenters. The van der Waals surface area contributed by atoms with Gasteiger partial charge in [-0.1, -0.05) is 18.2 Å². The van der Waals surface area contributed by atoms with Crippen LogP contribution in [0, 0.1) is 13.8 Å². The summed E-state index contributed by atoms with van der Waals surface area (Å²) >= 11 is 0. The Kier molecular flexibility index (Phi) is 3.87. The van der Waals surface area contributed by atoms with E-state index in [1.165, 1.54) is 16.7 Å². The first-order valence-corrected chi connectivity index (χ1v) is 6.44. The third-order valence-corrected chi connectivity index (χ3v) is 3.50. The maximum Gasteiger partial charge on any atom is 0.120 e. The minimum Gasteiger partial charge on any atom is -0.468 e. The molecule has 0 aliphatic carbocycles. The summed E-state index contributed by atoms with van der Waals surface area (Å²) in [5.74, 6) is 0.977. The molecule has 18 heavy (non-hydrogen) atoms. The average Bonchev–Trinajstić information content (AvgIpc) is 2.86. The zero-order valence-corrected chi connectivity index (χ0v) is 11.5. The molecule has 96 valence electrons. The van der Waals surface area contributed by atoms with Crippen LogP contribution in [0.15, 0.2) is 41.0 Å². The Morgan fingerprint density at radius 1 is 1.00 bits per heavy atom. The number of benzene rings is 1. The Hall–Kier alpha value is -1.54. The van der Waals surface area contributed by atoms with Gasteiger partial charge in [0.25, 0.3) is 0 Å². The number of furan rings is 1. The molecule has 0 aliphatic heterocycles. The zero-order valence-electron chi connectivity index (χ0n) is 11.5. The summed E-state index contributed by atoms with van der Waals surface area (Å²) in [7, 11) is 0. The second-order valence-electron chi connectivity index (χ2n) is 4.97. The van der Waals surface area contributed by atoms with Crippen LogP contribution in [0.3, 0.4) is 0 Å². The van der Waals surface area contributed by atoms with Crippen molar-refractivity contribution in [2.45, 2.75) is 39.8 Å². The number of hydrogen-bond donors (Lipinski definition) is 1. The fraction of sp³-hybridized carbons (Fsp3) is 0.375. The van der Waals surface area contributed by atoms with E-state index in [0.717, 1.165) is 5.76 Å². The molecule has 0 fully saturated rings. The molecular weight excluding hydrogens is 222 g/mol. The van der Waals surface area contributed by atoms with E-state index in [4.69, 9.17) is 4.42 Å². The van der Waals surface area contributed by atoms with E-state index in [1.54, 1.807) is 6.26 Å². The standard InChI is InChI=1S/C16H21NO/c1-11-7-8-15(10-12(11)2)13(3)17-14(4)16-6-5-9-18-16/h5-10,13-14,17H,1-4H3. The molecular formula is C16H21NO. The molecule has 1 aromatic carbocycles. The average molecular weight is 243 g/mol. The normalized spacial score (nSPS) is 14.4. The quantitative estimate of drug-likeness (QED) is 0.865. The van der Waals surface area contributed by atoms with E-state index in [0.29, 0.717) is 6.04 Å². The number of rotatable bonds is 4. The van der Waals surface area contributed by atoms with Gasteiger partial charge in [-0.05, 0) is 56.5 Å². The summed E-state index contributed by atoms with van der Waals surface area (Å²) < 4.78 is 5.41. The Bertz CT molecular complexity index is 502. The van der Waals surface area contributed by atoms with Crippen LogP contribution in [0.4, 0.5) is 0 Å². The molecule has 0 amide bonds. The lowest BCUT2D eigenvalue weighted by Crippen LogP contribution is -2.22. The van der Waals surface area contributed by atoms with Crippen LogP contribution in [0.25, 0.3) is 0 Å². The lowest BCUT2D eigenvalue weighted by atomic mass is 10.0. The van der Waals surface area contributed by atoms with Crippen molar-refractivity contribution >= 4 is 0 Å². The van der Waals surface area contributed by atoms with Crippen molar-refractivity contribution in [2.75, 3.05) is 0 Å². The van der Waals surface area contributed by atoms with Gasteiger partial charge in [0.1, 0.15) is 5.76 Å². The molecule has 2 rings (SSSR count). The summed E-state index contributed by atoms with van der Waals surface area (Å²) in [6, 6.07) is 11.1. The topological polar surface area (TPSA) is 25.2 Å². The molecule has 0 aliphatic rings. The predicted molar refractivity (Wildman–Crippen MR) is 74.6 cm³/mol. The van der Waals surface area contributed by atoms with Gasteiger partial charge in [-0.2, -0.15) is 0 Å². The van der Waals surface area contributed by atoms with E-state index in [-0.39, 0.29) is 6.04 Å². The van der Waals surface area contributed by atoms with Crippen molar-refractivity contribution in [3.8, 4) is 0 Å². The van der Waals surface area contributed by atoms with Gasteiger partial charge >= 0.3 is 0 Å². The first-order chi connectivity index (χ1) is 8.58. The van der Waals surface area contributed by atoms with Gasteiger partial charge in [0, 0.05) is 6.04 Å². The molecule has 0 spiro atoms. The highest BCUT2D eigenvalue weighted by atomic mass is 16.3. The minimum atomic E-state index is 0.219. The van der Waals surface area contributed by atoms with Crippen LogP contribution >= 0.6 is 0 Å². The van der Waals surface area contributed by atoms with Gasteiger partial charge in [0.15, 0.2) is 0 Å². The van der Waals surface area contributed by atoms with Gasteiger partial charge in [-0.15, -0.1) is 0 Å². The maximum absolute atomic E-state index is 5.41. The van der Waals surface area contributed by atoms with Crippen LogP contribution in [0.5, 0.6) is 0 Å². The molecule has 2 nitrogen and oxygen atoms in total. The van der Waals surface area contributed by atoms with Crippen molar-refractivity contribution in [3.05, 3.63) is 59.0 Å². The summed E-state index contributed by atoms with van der Waals surface area (Å²) in [5, 5.41) is 3.55. The molecule has 1 N–H and O–H groups in total. The Morgan fingerprint density at radius 3 is 2.39 bits per heavy atom. The van der Waals surface area contributed by atoms with Gasteiger partial charge < -0.3 is 9.73 Å². The van der Waals surface area contributed by atoms with E-state index >= 15 is 0 Å². The second-order valence-corrected chi connectivity index (χ2v) is 4.97. The molecule has 2 heteroatoms. The summed E-state index contributed by atoms with van der Waals surface area (Å²) in [5.41, 5.74) is 3.99. The van der Waals surface area contributed by atoms with Crippen molar-refractivity contribution < 1.29 is 4.42 Å². The van der Waals surface area contributed by atoms with E-state index < -0.39 is 0 Å². The zero-order chi connectivity index (χ0) is 13.1. The van der Waals surface area contributed by atoms with Crippen LogP contribution in [0.1, 0.15) is 48.4 Å². The van der Waals surface area contributed by atoms with Crippen molar-refractivity contribution in [3.63, 3.8) is 0 Å². The molecule has 1 aromatic heterocycles. The number of nitrogens with one attached hydrogen (secondary N) is 1. The Labute approximate surface area is 109 Å². The third-order valence-electron chi connectivity index (χ3n) is 3.50. The van der Waals surface area contributed by atoms with Crippen molar-refractivity contribution in [1.82, 2.24) is 5.32 Å². The number of aryl methyl sites for hydroxylation is 2. The van der Waals surface area contributed by atoms with Gasteiger partial charge in [0.05, 0.1) is 12.3 Å². The summed E-state index contributed by atoms with van der Waals surface area (Å²) in [6.07, 6.45) is 1.72. The smallest absolute Gasteiger partial charge is 0.120 e. The molecule has 0 saturated heterocycles. The summed E-state index contributed by atoms with van der Waals surface area (Å²) in [4.78, 5) is 0. The second kappa shape index (κ2) is 5.40. The molecule has 2 aromatic rings. The fourth-order valence-corrected chi connectivity index (χ4v) is 2.12. The van der Waals surface area contributed by atoms with Crippen LogP contribution in [0.2, 0.25) is 0 Å². The SMILES string of the molecule is Cc1ccc(C(C)NC(C)c2ccco2)cc1C. The van der Waals surface area contributed by atoms with Crippen LogP contribution < -0.4 is 5.32 Å². The first-order valence-electron chi connectivity index (χ1n) is 6.44. The van der Waals surface area contributed by atoms with E-state index in [1.807, 2.05) is 12.1 Å². The van der Waals surface area contributed by atoms with Crippen LogP contribution in [-0.4, -0.2) is 0 Å². The predicted octanol–water partition coefficient (Wildman–Crippen LogP) is 4.31. The molecule has 1 heterocycles.